The maximum atomic E-state index is 5.93. The zero-order valence-electron chi connectivity index (χ0n) is 10.1. The number of rotatable bonds is 7. The van der Waals surface area contributed by atoms with Crippen LogP contribution < -0.4 is 5.73 Å². The third-order valence-corrected chi connectivity index (χ3v) is 2.86. The fourth-order valence-electron chi connectivity index (χ4n) is 1.21. The molecule has 0 spiro atoms. The second-order valence-corrected chi connectivity index (χ2v) is 4.98. The Labute approximate surface area is 101 Å². The van der Waals surface area contributed by atoms with Crippen molar-refractivity contribution in [3.63, 3.8) is 0 Å². The van der Waals surface area contributed by atoms with Crippen molar-refractivity contribution in [3.05, 3.63) is 11.7 Å². The smallest absolute Gasteiger partial charge is 0.243 e. The van der Waals surface area contributed by atoms with Crippen LogP contribution in [0.15, 0.2) is 4.52 Å². The third kappa shape index (κ3) is 4.51. The molecule has 0 saturated carbocycles. The predicted molar refractivity (Wildman–Crippen MR) is 66.5 cm³/mol. The lowest BCUT2D eigenvalue weighted by Crippen LogP contribution is -2.16. The largest absolute Gasteiger partial charge is 0.338 e. The molecule has 0 aromatic carbocycles. The molecule has 0 fully saturated rings. The van der Waals surface area contributed by atoms with Gasteiger partial charge in [0.2, 0.25) is 5.89 Å². The van der Waals surface area contributed by atoms with E-state index in [0.29, 0.717) is 5.89 Å². The van der Waals surface area contributed by atoms with Crippen LogP contribution in [0, 0.1) is 0 Å². The minimum atomic E-state index is -0.131. The van der Waals surface area contributed by atoms with Crippen molar-refractivity contribution in [1.29, 1.82) is 0 Å². The lowest BCUT2D eigenvalue weighted by atomic mass is 10.2. The van der Waals surface area contributed by atoms with E-state index in [2.05, 4.69) is 21.3 Å². The third-order valence-electron chi connectivity index (χ3n) is 2.22. The van der Waals surface area contributed by atoms with Crippen LogP contribution in [0.2, 0.25) is 0 Å². The van der Waals surface area contributed by atoms with Crippen molar-refractivity contribution in [1.82, 2.24) is 15.0 Å². The van der Waals surface area contributed by atoms with Crippen LogP contribution in [0.25, 0.3) is 0 Å². The number of thioether (sulfide) groups is 1. The Balaban J connectivity index is 2.43. The van der Waals surface area contributed by atoms with Gasteiger partial charge in [0.1, 0.15) is 0 Å². The summed E-state index contributed by atoms with van der Waals surface area (Å²) in [7, 11) is 4.04. The van der Waals surface area contributed by atoms with Crippen LogP contribution in [-0.2, 0) is 6.42 Å². The van der Waals surface area contributed by atoms with Crippen LogP contribution in [0.3, 0.4) is 0 Å². The molecule has 2 N–H and O–H groups in total. The molecule has 0 aliphatic rings. The highest BCUT2D eigenvalue weighted by Gasteiger charge is 2.14. The molecule has 0 amide bonds. The maximum absolute atomic E-state index is 5.93. The van der Waals surface area contributed by atoms with Gasteiger partial charge in [0.15, 0.2) is 5.82 Å². The zero-order valence-corrected chi connectivity index (χ0v) is 11.0. The Morgan fingerprint density at radius 2 is 2.25 bits per heavy atom. The molecule has 0 aliphatic carbocycles. The summed E-state index contributed by atoms with van der Waals surface area (Å²) in [5.41, 5.74) is 5.93. The first-order valence-corrected chi connectivity index (χ1v) is 6.74. The van der Waals surface area contributed by atoms with Crippen molar-refractivity contribution in [3.8, 4) is 0 Å². The highest BCUT2D eigenvalue weighted by molar-refractivity contribution is 7.98. The molecule has 6 heteroatoms. The van der Waals surface area contributed by atoms with Gasteiger partial charge in [-0.1, -0.05) is 5.16 Å². The molecular formula is C10H20N4OS. The lowest BCUT2D eigenvalue weighted by Gasteiger charge is -2.05. The standard InChI is InChI=1S/C10H20N4OS/c1-14(2)6-4-9-12-10(15-13-9)8(11)5-7-16-3/h8H,4-7,11H2,1-3H3. The average molecular weight is 244 g/mol. The van der Waals surface area contributed by atoms with Crippen molar-refractivity contribution in [2.24, 2.45) is 5.73 Å². The van der Waals surface area contributed by atoms with E-state index in [-0.39, 0.29) is 6.04 Å². The highest BCUT2D eigenvalue weighted by Crippen LogP contribution is 2.14. The van der Waals surface area contributed by atoms with E-state index in [1.165, 1.54) is 0 Å². The summed E-state index contributed by atoms with van der Waals surface area (Å²) in [4.78, 5) is 6.38. The van der Waals surface area contributed by atoms with Gasteiger partial charge >= 0.3 is 0 Å². The molecule has 0 radical (unpaired) electrons. The molecule has 5 nitrogen and oxygen atoms in total. The van der Waals surface area contributed by atoms with Crippen molar-refractivity contribution < 1.29 is 4.52 Å². The van der Waals surface area contributed by atoms with Crippen LogP contribution in [0.1, 0.15) is 24.2 Å². The molecule has 1 unspecified atom stereocenters. The van der Waals surface area contributed by atoms with Crippen LogP contribution in [0.5, 0.6) is 0 Å². The molecule has 1 rings (SSSR count). The summed E-state index contributed by atoms with van der Waals surface area (Å²) >= 11 is 1.77. The number of nitrogens with two attached hydrogens (primary N) is 1. The van der Waals surface area contributed by atoms with Crippen LogP contribution in [0.4, 0.5) is 0 Å². The normalized spacial score (nSPS) is 13.3. The first kappa shape index (κ1) is 13.5. The first-order chi connectivity index (χ1) is 7.63. The molecular weight excluding hydrogens is 224 g/mol. The van der Waals surface area contributed by atoms with E-state index < -0.39 is 0 Å². The van der Waals surface area contributed by atoms with E-state index in [1.807, 2.05) is 14.1 Å². The van der Waals surface area contributed by atoms with E-state index in [4.69, 9.17) is 10.3 Å². The van der Waals surface area contributed by atoms with Crippen molar-refractivity contribution in [2.45, 2.75) is 18.9 Å². The topological polar surface area (TPSA) is 68.2 Å². The highest BCUT2D eigenvalue weighted by atomic mass is 32.2. The second-order valence-electron chi connectivity index (χ2n) is 3.99. The van der Waals surface area contributed by atoms with Gasteiger partial charge in [-0.15, -0.1) is 0 Å². The summed E-state index contributed by atoms with van der Waals surface area (Å²) in [6.45, 7) is 0.916. The Morgan fingerprint density at radius 1 is 1.50 bits per heavy atom. The van der Waals surface area contributed by atoms with Gasteiger partial charge in [-0.2, -0.15) is 16.7 Å². The molecule has 16 heavy (non-hydrogen) atoms. The Morgan fingerprint density at radius 3 is 2.88 bits per heavy atom. The molecule has 92 valence electrons. The SMILES string of the molecule is CSCCC(N)c1nc(CCN(C)C)no1. The fraction of sp³-hybridized carbons (Fsp3) is 0.800. The van der Waals surface area contributed by atoms with E-state index in [9.17, 15) is 0 Å². The quantitative estimate of drug-likeness (QED) is 0.769. The number of aromatic nitrogens is 2. The number of likely N-dealkylation sites (N-methyl/N-ethyl adjacent to an activating group) is 1. The second kappa shape index (κ2) is 6.88. The molecule has 0 aliphatic heterocycles. The number of hydrogen-bond acceptors (Lipinski definition) is 6. The Hall–Kier alpha value is -0.590. The summed E-state index contributed by atoms with van der Waals surface area (Å²) < 4.78 is 5.14. The Bertz CT molecular complexity index is 303. The molecule has 1 atom stereocenters. The minimum absolute atomic E-state index is 0.131. The first-order valence-electron chi connectivity index (χ1n) is 5.35. The van der Waals surface area contributed by atoms with Gasteiger partial charge in [0, 0.05) is 13.0 Å². The lowest BCUT2D eigenvalue weighted by molar-refractivity contribution is 0.345. The minimum Gasteiger partial charge on any atom is -0.338 e. The molecule has 0 saturated heterocycles. The van der Waals surface area contributed by atoms with Crippen LogP contribution >= 0.6 is 11.8 Å². The number of nitrogens with zero attached hydrogens (tertiary/aromatic N) is 3. The van der Waals surface area contributed by atoms with Gasteiger partial charge in [0.25, 0.3) is 0 Å². The molecule has 1 aromatic rings. The Kier molecular flexibility index (Phi) is 5.79. The van der Waals surface area contributed by atoms with Gasteiger partial charge < -0.3 is 15.2 Å². The van der Waals surface area contributed by atoms with Gasteiger partial charge in [-0.05, 0) is 32.5 Å². The van der Waals surface area contributed by atoms with Crippen molar-refractivity contribution in [2.75, 3.05) is 32.6 Å². The fourth-order valence-corrected chi connectivity index (χ4v) is 1.70. The zero-order chi connectivity index (χ0) is 12.0. The monoisotopic (exact) mass is 244 g/mol. The summed E-state index contributed by atoms with van der Waals surface area (Å²) in [6, 6.07) is -0.131. The van der Waals surface area contributed by atoms with Crippen molar-refractivity contribution >= 4 is 11.8 Å². The molecule has 1 heterocycles. The van der Waals surface area contributed by atoms with E-state index in [0.717, 1.165) is 31.0 Å². The van der Waals surface area contributed by atoms with E-state index in [1.54, 1.807) is 11.8 Å². The van der Waals surface area contributed by atoms with E-state index >= 15 is 0 Å². The van der Waals surface area contributed by atoms with Gasteiger partial charge in [-0.3, -0.25) is 0 Å². The van der Waals surface area contributed by atoms with Gasteiger partial charge in [-0.25, -0.2) is 0 Å². The molecule has 1 aromatic heterocycles. The summed E-state index contributed by atoms with van der Waals surface area (Å²) in [5.74, 6) is 2.31. The maximum Gasteiger partial charge on any atom is 0.243 e. The molecule has 0 bridgehead atoms. The van der Waals surface area contributed by atoms with Gasteiger partial charge in [0.05, 0.1) is 6.04 Å². The number of hydrogen-bond donors (Lipinski definition) is 1. The summed E-state index contributed by atoms with van der Waals surface area (Å²) in [5, 5.41) is 3.92. The summed E-state index contributed by atoms with van der Waals surface area (Å²) in [6.07, 6.45) is 3.73. The average Bonchev–Trinajstić information content (AvgIpc) is 2.71. The van der Waals surface area contributed by atoms with Crippen LogP contribution in [-0.4, -0.2) is 47.7 Å². The predicted octanol–water partition coefficient (Wildman–Crippen LogP) is 0.927.